The molecule has 2 aliphatic rings. The topological polar surface area (TPSA) is 69.7 Å². The summed E-state index contributed by atoms with van der Waals surface area (Å²) >= 11 is 0. The average molecular weight is 293 g/mol. The monoisotopic (exact) mass is 293 g/mol. The van der Waals surface area contributed by atoms with Gasteiger partial charge in [-0.05, 0) is 20.3 Å². The van der Waals surface area contributed by atoms with E-state index < -0.39 is 11.6 Å². The van der Waals surface area contributed by atoms with E-state index in [2.05, 4.69) is 12.2 Å². The molecular weight excluding hydrogens is 270 g/mol. The number of carbonyl (C=O) groups excluding carboxylic acids is 3. The highest BCUT2D eigenvalue weighted by molar-refractivity contribution is 6.08. The number of hydrogen-bond acceptors (Lipinski definition) is 3. The fourth-order valence-electron chi connectivity index (χ4n) is 2.71. The summed E-state index contributed by atoms with van der Waals surface area (Å²) in [6.45, 7) is 5.76. The van der Waals surface area contributed by atoms with Crippen molar-refractivity contribution < 1.29 is 14.4 Å². The molecule has 6 nitrogen and oxygen atoms in total. The SMILES string of the molecule is CCCC[C@H]1C=CCN1C(=O)CN1C(=O)NC(C)(C)C1=O. The first-order chi connectivity index (χ1) is 9.86. The molecule has 2 heterocycles. The van der Waals surface area contributed by atoms with E-state index in [1.165, 1.54) is 0 Å². The van der Waals surface area contributed by atoms with Crippen molar-refractivity contribution in [2.24, 2.45) is 0 Å². The Balaban J connectivity index is 1.98. The van der Waals surface area contributed by atoms with E-state index in [9.17, 15) is 14.4 Å². The zero-order valence-electron chi connectivity index (χ0n) is 12.9. The highest BCUT2D eigenvalue weighted by Crippen LogP contribution is 2.19. The largest absolute Gasteiger partial charge is 0.331 e. The molecule has 2 rings (SSSR count). The number of rotatable bonds is 5. The standard InChI is InChI=1S/C15H23N3O3/c1-4-5-7-11-8-6-9-17(11)12(19)10-18-13(20)15(2,3)16-14(18)21/h6,8,11H,4-5,7,9-10H2,1-3H3,(H,16,21)/t11-/m0/s1. The van der Waals surface area contributed by atoms with E-state index in [0.717, 1.165) is 24.2 Å². The average Bonchev–Trinajstić information content (AvgIpc) is 2.95. The Bertz CT molecular complexity index is 485. The minimum absolute atomic E-state index is 0.0891. The normalized spacial score (nSPS) is 23.9. The minimum atomic E-state index is -0.928. The molecule has 6 heteroatoms. The molecule has 0 aromatic heterocycles. The lowest BCUT2D eigenvalue weighted by Gasteiger charge is -2.26. The van der Waals surface area contributed by atoms with Crippen molar-refractivity contribution in [3.63, 3.8) is 0 Å². The number of hydrogen-bond donors (Lipinski definition) is 1. The zero-order chi connectivity index (χ0) is 15.6. The molecule has 0 saturated carbocycles. The smallest absolute Gasteiger partial charge is 0.325 e. The van der Waals surface area contributed by atoms with Crippen molar-refractivity contribution in [2.45, 2.75) is 51.6 Å². The molecule has 0 bridgehead atoms. The molecule has 0 radical (unpaired) electrons. The van der Waals surface area contributed by atoms with Crippen LogP contribution >= 0.6 is 0 Å². The van der Waals surface area contributed by atoms with Crippen molar-refractivity contribution in [1.29, 1.82) is 0 Å². The van der Waals surface area contributed by atoms with Gasteiger partial charge in [0.1, 0.15) is 12.1 Å². The van der Waals surface area contributed by atoms with E-state index in [1.54, 1.807) is 18.7 Å². The van der Waals surface area contributed by atoms with Crippen LogP contribution in [0.2, 0.25) is 0 Å². The van der Waals surface area contributed by atoms with Gasteiger partial charge in [0, 0.05) is 6.54 Å². The lowest BCUT2D eigenvalue weighted by atomic mass is 10.1. The van der Waals surface area contributed by atoms with Gasteiger partial charge in [0.25, 0.3) is 5.91 Å². The van der Waals surface area contributed by atoms with Crippen LogP contribution in [-0.4, -0.2) is 52.3 Å². The highest BCUT2D eigenvalue weighted by atomic mass is 16.2. The van der Waals surface area contributed by atoms with Crippen LogP contribution in [0.3, 0.4) is 0 Å². The van der Waals surface area contributed by atoms with Crippen molar-refractivity contribution in [3.8, 4) is 0 Å². The van der Waals surface area contributed by atoms with Gasteiger partial charge >= 0.3 is 6.03 Å². The molecule has 4 amide bonds. The van der Waals surface area contributed by atoms with Gasteiger partial charge in [-0.3, -0.25) is 14.5 Å². The number of unbranched alkanes of at least 4 members (excludes halogenated alkanes) is 1. The number of nitrogens with one attached hydrogen (secondary N) is 1. The van der Waals surface area contributed by atoms with Crippen LogP contribution in [-0.2, 0) is 9.59 Å². The van der Waals surface area contributed by atoms with Gasteiger partial charge in [-0.1, -0.05) is 31.9 Å². The van der Waals surface area contributed by atoms with Crippen molar-refractivity contribution in [1.82, 2.24) is 15.1 Å². The van der Waals surface area contributed by atoms with Gasteiger partial charge in [0.05, 0.1) is 6.04 Å². The van der Waals surface area contributed by atoms with E-state index in [4.69, 9.17) is 0 Å². The van der Waals surface area contributed by atoms with Crippen LogP contribution in [0, 0.1) is 0 Å². The second-order valence-electron chi connectivity index (χ2n) is 6.13. The maximum absolute atomic E-state index is 12.4. The molecule has 1 saturated heterocycles. The molecule has 2 aliphatic heterocycles. The fourth-order valence-corrected chi connectivity index (χ4v) is 2.71. The van der Waals surface area contributed by atoms with Gasteiger partial charge < -0.3 is 10.2 Å². The Morgan fingerprint density at radius 1 is 1.43 bits per heavy atom. The molecule has 21 heavy (non-hydrogen) atoms. The summed E-state index contributed by atoms with van der Waals surface area (Å²) in [4.78, 5) is 39.0. The number of carbonyl (C=O) groups is 3. The van der Waals surface area contributed by atoms with Crippen molar-refractivity contribution in [2.75, 3.05) is 13.1 Å². The third-order valence-electron chi connectivity index (χ3n) is 3.97. The molecule has 1 N–H and O–H groups in total. The van der Waals surface area contributed by atoms with Crippen LogP contribution in [0.4, 0.5) is 4.79 Å². The Morgan fingerprint density at radius 2 is 2.14 bits per heavy atom. The Hall–Kier alpha value is -1.85. The minimum Gasteiger partial charge on any atom is -0.331 e. The second-order valence-corrected chi connectivity index (χ2v) is 6.13. The lowest BCUT2D eigenvalue weighted by Crippen LogP contribution is -2.46. The molecule has 1 atom stereocenters. The first-order valence-electron chi connectivity index (χ1n) is 7.47. The molecule has 0 aromatic rings. The summed E-state index contributed by atoms with van der Waals surface area (Å²) in [6.07, 6.45) is 7.05. The van der Waals surface area contributed by atoms with E-state index in [1.807, 2.05) is 12.2 Å². The summed E-state index contributed by atoms with van der Waals surface area (Å²) in [7, 11) is 0. The first kappa shape index (κ1) is 15.5. The number of nitrogens with zero attached hydrogens (tertiary/aromatic N) is 2. The van der Waals surface area contributed by atoms with Crippen molar-refractivity contribution >= 4 is 17.8 Å². The third kappa shape index (κ3) is 3.09. The van der Waals surface area contributed by atoms with Crippen LogP contribution in [0.25, 0.3) is 0 Å². The molecule has 0 unspecified atom stereocenters. The zero-order valence-corrected chi connectivity index (χ0v) is 12.9. The predicted molar refractivity (Wildman–Crippen MR) is 78.5 cm³/mol. The molecule has 0 aromatic carbocycles. The van der Waals surface area contributed by atoms with Crippen LogP contribution < -0.4 is 5.32 Å². The molecule has 1 fully saturated rings. The Kier molecular flexibility index (Phi) is 4.34. The number of imide groups is 1. The van der Waals surface area contributed by atoms with Gasteiger partial charge in [-0.15, -0.1) is 0 Å². The van der Waals surface area contributed by atoms with Crippen molar-refractivity contribution in [3.05, 3.63) is 12.2 Å². The van der Waals surface area contributed by atoms with Gasteiger partial charge in [-0.2, -0.15) is 0 Å². The highest BCUT2D eigenvalue weighted by Gasteiger charge is 2.45. The molecule has 0 aliphatic carbocycles. The lowest BCUT2D eigenvalue weighted by molar-refractivity contribution is -0.138. The quantitative estimate of drug-likeness (QED) is 0.613. The van der Waals surface area contributed by atoms with E-state index in [-0.39, 0.29) is 24.4 Å². The maximum atomic E-state index is 12.4. The Labute approximate surface area is 125 Å². The number of urea groups is 1. The summed E-state index contributed by atoms with van der Waals surface area (Å²) in [5, 5.41) is 2.59. The Morgan fingerprint density at radius 3 is 2.71 bits per heavy atom. The van der Waals surface area contributed by atoms with Crippen LogP contribution in [0.5, 0.6) is 0 Å². The number of amides is 4. The maximum Gasteiger partial charge on any atom is 0.325 e. The van der Waals surface area contributed by atoms with E-state index in [0.29, 0.717) is 6.54 Å². The summed E-state index contributed by atoms with van der Waals surface area (Å²) in [6, 6.07) is -0.401. The van der Waals surface area contributed by atoms with Gasteiger partial charge in [0.15, 0.2) is 0 Å². The van der Waals surface area contributed by atoms with Crippen LogP contribution in [0.15, 0.2) is 12.2 Å². The molecule has 0 spiro atoms. The predicted octanol–water partition coefficient (Wildman–Crippen LogP) is 1.27. The molecule has 116 valence electrons. The molecular formula is C15H23N3O3. The summed E-state index contributed by atoms with van der Waals surface area (Å²) < 4.78 is 0. The first-order valence-corrected chi connectivity index (χ1v) is 7.47. The van der Waals surface area contributed by atoms with Gasteiger partial charge in [-0.25, -0.2) is 4.79 Å². The fraction of sp³-hybridized carbons (Fsp3) is 0.667. The summed E-state index contributed by atoms with van der Waals surface area (Å²) in [5.41, 5.74) is -0.928. The third-order valence-corrected chi connectivity index (χ3v) is 3.97. The van der Waals surface area contributed by atoms with Crippen LogP contribution in [0.1, 0.15) is 40.0 Å². The van der Waals surface area contributed by atoms with Gasteiger partial charge in [0.2, 0.25) is 5.91 Å². The second kappa shape index (κ2) is 5.87. The van der Waals surface area contributed by atoms with E-state index >= 15 is 0 Å². The summed E-state index contributed by atoms with van der Waals surface area (Å²) in [5.74, 6) is -0.527.